The van der Waals surface area contributed by atoms with Gasteiger partial charge >= 0.3 is 6.09 Å². The molecule has 1 N–H and O–H groups in total. The van der Waals surface area contributed by atoms with Crippen molar-refractivity contribution in [1.82, 2.24) is 4.90 Å². The second-order valence-electron chi connectivity index (χ2n) is 6.83. The molecule has 1 aliphatic heterocycles. The van der Waals surface area contributed by atoms with Gasteiger partial charge in [-0.05, 0) is 44.0 Å². The van der Waals surface area contributed by atoms with Gasteiger partial charge in [-0.25, -0.2) is 4.79 Å². The van der Waals surface area contributed by atoms with E-state index in [1.54, 1.807) is 0 Å². The molecule has 3 rings (SSSR count). The zero-order valence-corrected chi connectivity index (χ0v) is 15.0. The Morgan fingerprint density at radius 2 is 2.04 bits per heavy atom. The summed E-state index contributed by atoms with van der Waals surface area (Å²) < 4.78 is 0. The molecule has 0 spiro atoms. The van der Waals surface area contributed by atoms with Gasteiger partial charge in [0, 0.05) is 18.7 Å². The van der Waals surface area contributed by atoms with Crippen molar-refractivity contribution in [2.45, 2.75) is 20.3 Å². The molecule has 132 valence electrons. The standard InChI is InChI=1S/C21H26N2O2/c1-3-22-12-11-17(14-22)15-23(21(24)25)20-10-5-4-9-19(20)18-8-6-7-16(2)13-18/h4-10,13,17H,3,11-12,14-15H2,1-2H3,(H,24,25). The van der Waals surface area contributed by atoms with Gasteiger partial charge in [-0.3, -0.25) is 4.90 Å². The molecule has 1 aliphatic rings. The van der Waals surface area contributed by atoms with Crippen LogP contribution in [0, 0.1) is 12.8 Å². The van der Waals surface area contributed by atoms with E-state index >= 15 is 0 Å². The van der Waals surface area contributed by atoms with Gasteiger partial charge in [0.2, 0.25) is 0 Å². The molecule has 0 bridgehead atoms. The lowest BCUT2D eigenvalue weighted by molar-refractivity contribution is 0.200. The number of benzene rings is 2. The number of aryl methyl sites for hydroxylation is 1. The molecule has 1 fully saturated rings. The molecular weight excluding hydrogens is 312 g/mol. The molecule has 1 amide bonds. The number of likely N-dealkylation sites (tertiary alicyclic amines) is 1. The first-order valence-electron chi connectivity index (χ1n) is 8.97. The Hall–Kier alpha value is -2.33. The molecule has 0 aliphatic carbocycles. The van der Waals surface area contributed by atoms with Gasteiger partial charge < -0.3 is 10.0 Å². The van der Waals surface area contributed by atoms with Crippen LogP contribution in [0.1, 0.15) is 18.9 Å². The van der Waals surface area contributed by atoms with Gasteiger partial charge in [0.05, 0.1) is 5.69 Å². The molecule has 0 radical (unpaired) electrons. The van der Waals surface area contributed by atoms with Crippen molar-refractivity contribution in [3.63, 3.8) is 0 Å². The number of carbonyl (C=O) groups is 1. The summed E-state index contributed by atoms with van der Waals surface area (Å²) in [4.78, 5) is 15.9. The number of rotatable bonds is 5. The van der Waals surface area contributed by atoms with E-state index < -0.39 is 6.09 Å². The maximum Gasteiger partial charge on any atom is 0.411 e. The van der Waals surface area contributed by atoms with E-state index in [0.717, 1.165) is 42.9 Å². The summed E-state index contributed by atoms with van der Waals surface area (Å²) in [6.07, 6.45) is 0.180. The second kappa shape index (κ2) is 7.70. The van der Waals surface area contributed by atoms with E-state index in [1.165, 1.54) is 10.5 Å². The molecule has 1 atom stereocenters. The predicted octanol–water partition coefficient (Wildman–Crippen LogP) is 4.49. The van der Waals surface area contributed by atoms with E-state index in [1.807, 2.05) is 36.4 Å². The highest BCUT2D eigenvalue weighted by molar-refractivity contribution is 5.92. The Labute approximate surface area is 149 Å². The van der Waals surface area contributed by atoms with Crippen LogP contribution in [0.5, 0.6) is 0 Å². The summed E-state index contributed by atoms with van der Waals surface area (Å²) in [7, 11) is 0. The third-order valence-electron chi connectivity index (χ3n) is 5.01. The highest BCUT2D eigenvalue weighted by atomic mass is 16.4. The van der Waals surface area contributed by atoms with Crippen LogP contribution in [-0.4, -0.2) is 42.3 Å². The molecule has 2 aromatic rings. The molecule has 1 saturated heterocycles. The fourth-order valence-corrected chi connectivity index (χ4v) is 3.65. The van der Waals surface area contributed by atoms with Crippen LogP contribution < -0.4 is 4.90 Å². The van der Waals surface area contributed by atoms with Crippen molar-refractivity contribution in [1.29, 1.82) is 0 Å². The Morgan fingerprint density at radius 3 is 2.72 bits per heavy atom. The topological polar surface area (TPSA) is 43.8 Å². The molecule has 4 heteroatoms. The summed E-state index contributed by atoms with van der Waals surface area (Å²) in [6.45, 7) is 7.84. The fraction of sp³-hybridized carbons (Fsp3) is 0.381. The lowest BCUT2D eigenvalue weighted by atomic mass is 10.00. The van der Waals surface area contributed by atoms with Crippen LogP contribution in [-0.2, 0) is 0 Å². The first-order chi connectivity index (χ1) is 12.1. The normalized spacial score (nSPS) is 17.6. The van der Waals surface area contributed by atoms with Crippen molar-refractivity contribution >= 4 is 11.8 Å². The van der Waals surface area contributed by atoms with Gasteiger partial charge in [0.1, 0.15) is 0 Å². The summed E-state index contributed by atoms with van der Waals surface area (Å²) in [5, 5.41) is 9.85. The monoisotopic (exact) mass is 338 g/mol. The zero-order chi connectivity index (χ0) is 17.8. The van der Waals surface area contributed by atoms with Gasteiger partial charge in [0.15, 0.2) is 0 Å². The van der Waals surface area contributed by atoms with E-state index in [-0.39, 0.29) is 0 Å². The molecule has 1 unspecified atom stereocenters. The number of amides is 1. The predicted molar refractivity (Wildman–Crippen MR) is 102 cm³/mol. The van der Waals surface area contributed by atoms with E-state index in [4.69, 9.17) is 0 Å². The van der Waals surface area contributed by atoms with Gasteiger partial charge in [-0.1, -0.05) is 55.0 Å². The molecule has 1 heterocycles. The van der Waals surface area contributed by atoms with E-state index in [9.17, 15) is 9.90 Å². The molecule has 2 aromatic carbocycles. The third kappa shape index (κ3) is 4.02. The SMILES string of the molecule is CCN1CCC(CN(C(=O)O)c2ccccc2-c2cccc(C)c2)C1. The number of anilines is 1. The van der Waals surface area contributed by atoms with Crippen LogP contribution in [0.3, 0.4) is 0 Å². The van der Waals surface area contributed by atoms with Crippen molar-refractivity contribution in [3.8, 4) is 11.1 Å². The molecule has 4 nitrogen and oxygen atoms in total. The minimum absolute atomic E-state index is 0.390. The lowest BCUT2D eigenvalue weighted by Gasteiger charge is -2.25. The number of carboxylic acid groups (broad SMARTS) is 1. The molecule has 25 heavy (non-hydrogen) atoms. The van der Waals surface area contributed by atoms with E-state index in [0.29, 0.717) is 12.5 Å². The number of nitrogens with zero attached hydrogens (tertiary/aromatic N) is 2. The Morgan fingerprint density at radius 1 is 1.24 bits per heavy atom. The average molecular weight is 338 g/mol. The first-order valence-corrected chi connectivity index (χ1v) is 8.97. The highest BCUT2D eigenvalue weighted by Gasteiger charge is 2.27. The highest BCUT2D eigenvalue weighted by Crippen LogP contribution is 2.32. The van der Waals surface area contributed by atoms with Gasteiger partial charge in [-0.15, -0.1) is 0 Å². The van der Waals surface area contributed by atoms with Crippen LogP contribution in [0.2, 0.25) is 0 Å². The van der Waals surface area contributed by atoms with Crippen molar-refractivity contribution in [2.75, 3.05) is 31.1 Å². The second-order valence-corrected chi connectivity index (χ2v) is 6.83. The minimum Gasteiger partial charge on any atom is -0.465 e. The van der Waals surface area contributed by atoms with Crippen molar-refractivity contribution < 1.29 is 9.90 Å². The quantitative estimate of drug-likeness (QED) is 0.873. The Balaban J connectivity index is 1.91. The van der Waals surface area contributed by atoms with Gasteiger partial charge in [-0.2, -0.15) is 0 Å². The fourth-order valence-electron chi connectivity index (χ4n) is 3.65. The molecule has 0 aromatic heterocycles. The molecular formula is C21H26N2O2. The zero-order valence-electron chi connectivity index (χ0n) is 15.0. The number of hydrogen-bond acceptors (Lipinski definition) is 2. The lowest BCUT2D eigenvalue weighted by Crippen LogP contribution is -2.35. The van der Waals surface area contributed by atoms with Crippen molar-refractivity contribution in [3.05, 3.63) is 54.1 Å². The van der Waals surface area contributed by atoms with E-state index in [2.05, 4.69) is 30.9 Å². The summed E-state index contributed by atoms with van der Waals surface area (Å²) in [5.41, 5.74) is 3.97. The Kier molecular flexibility index (Phi) is 5.39. The maximum atomic E-state index is 12.0. The molecule has 0 saturated carbocycles. The van der Waals surface area contributed by atoms with Crippen LogP contribution in [0.15, 0.2) is 48.5 Å². The number of hydrogen-bond donors (Lipinski definition) is 1. The average Bonchev–Trinajstić information content (AvgIpc) is 3.07. The van der Waals surface area contributed by atoms with Crippen LogP contribution in [0.25, 0.3) is 11.1 Å². The minimum atomic E-state index is -0.880. The smallest absolute Gasteiger partial charge is 0.411 e. The maximum absolute atomic E-state index is 12.0. The summed E-state index contributed by atoms with van der Waals surface area (Å²) in [5.74, 6) is 0.390. The van der Waals surface area contributed by atoms with Crippen LogP contribution in [0.4, 0.5) is 10.5 Å². The first kappa shape index (κ1) is 17.5. The number of para-hydroxylation sites is 1. The van der Waals surface area contributed by atoms with Crippen molar-refractivity contribution in [2.24, 2.45) is 5.92 Å². The third-order valence-corrected chi connectivity index (χ3v) is 5.01. The summed E-state index contributed by atoms with van der Waals surface area (Å²) in [6, 6.07) is 16.0. The van der Waals surface area contributed by atoms with Gasteiger partial charge in [0.25, 0.3) is 0 Å². The Bertz CT molecular complexity index is 744. The van der Waals surface area contributed by atoms with Crippen LogP contribution >= 0.6 is 0 Å². The summed E-state index contributed by atoms with van der Waals surface area (Å²) >= 11 is 0. The largest absolute Gasteiger partial charge is 0.465 e.